The Morgan fingerprint density at radius 2 is 1.31 bits per heavy atom. The number of guanidine groups is 1. The standard InChI is InChI=1S/C22H41N3O3.C7H15Cl/c1-3-4-5-6-7-8-9-10-11-12-13-14-15-16-17-18-20(26)24-22(23)25(2)19-21(27)28;1-2-3-4-5-6-7-8/h10-11H,3-9,12-19H2,1-2H3,(H,27,28)(H2,23,24,26);2-7H2,1H3/b11-10-;/i2D3;. The Labute approximate surface area is 231 Å². The normalized spacial score (nSPS) is 13.0. The molecule has 0 unspecified atom stereocenters. The first-order chi connectivity index (χ1) is 18.6. The number of amides is 1. The van der Waals surface area contributed by atoms with Gasteiger partial charge in [0.05, 0.1) is 0 Å². The third kappa shape index (κ3) is 30.5. The van der Waals surface area contributed by atoms with Gasteiger partial charge in [0, 0.05) is 23.4 Å². The number of hydrogen-bond donors (Lipinski definition) is 2. The second kappa shape index (κ2) is 29.7. The predicted octanol–water partition coefficient (Wildman–Crippen LogP) is 8.08. The number of unbranched alkanes of at least 4 members (excludes halogenated alkanes) is 15. The number of aliphatic imine (C=N–C) groups is 1. The van der Waals surface area contributed by atoms with E-state index in [0.29, 0.717) is 11.3 Å². The zero-order valence-electron chi connectivity index (χ0n) is 26.1. The lowest BCUT2D eigenvalue weighted by atomic mass is 10.1. The van der Waals surface area contributed by atoms with Crippen LogP contribution in [0.3, 0.4) is 0 Å². The summed E-state index contributed by atoms with van der Waals surface area (Å²) in [6.45, 7) is 0.848. The Balaban J connectivity index is 0. The molecule has 0 bridgehead atoms. The van der Waals surface area contributed by atoms with Crippen LogP contribution in [0.25, 0.3) is 0 Å². The molecule has 0 aromatic rings. The van der Waals surface area contributed by atoms with Crippen molar-refractivity contribution in [2.75, 3.05) is 19.4 Å². The molecule has 1 amide bonds. The van der Waals surface area contributed by atoms with Crippen LogP contribution in [0.1, 0.15) is 140 Å². The van der Waals surface area contributed by atoms with Crippen LogP contribution in [0.4, 0.5) is 0 Å². The highest BCUT2D eigenvalue weighted by Gasteiger charge is 2.08. The molecule has 0 rings (SSSR count). The highest BCUT2D eigenvalue weighted by molar-refractivity contribution is 6.17. The largest absolute Gasteiger partial charge is 0.480 e. The molecule has 0 aliphatic heterocycles. The molecule has 7 heteroatoms. The van der Waals surface area contributed by atoms with Crippen LogP contribution in [0.2, 0.25) is 0 Å². The van der Waals surface area contributed by atoms with Crippen molar-refractivity contribution in [3.63, 3.8) is 0 Å². The van der Waals surface area contributed by atoms with E-state index in [1.165, 1.54) is 77.0 Å². The maximum atomic E-state index is 11.9. The molecule has 0 saturated heterocycles. The first kappa shape index (κ1) is 30.7. The third-order valence-corrected chi connectivity index (χ3v) is 5.97. The summed E-state index contributed by atoms with van der Waals surface area (Å²) in [6.07, 6.45) is 26.3. The number of alkyl halides is 1. The average Bonchev–Trinajstić information content (AvgIpc) is 2.87. The number of halogens is 1. The van der Waals surface area contributed by atoms with Crippen LogP contribution in [0.15, 0.2) is 17.1 Å². The van der Waals surface area contributed by atoms with Gasteiger partial charge in [-0.2, -0.15) is 4.99 Å². The summed E-state index contributed by atoms with van der Waals surface area (Å²) < 4.78 is 21.9. The van der Waals surface area contributed by atoms with Crippen molar-refractivity contribution < 1.29 is 18.8 Å². The monoisotopic (exact) mass is 532 g/mol. The molecule has 0 aliphatic rings. The second-order valence-corrected chi connectivity index (χ2v) is 9.66. The van der Waals surface area contributed by atoms with Gasteiger partial charge in [0.15, 0.2) is 5.96 Å². The van der Waals surface area contributed by atoms with Crippen LogP contribution in [-0.2, 0) is 9.59 Å². The van der Waals surface area contributed by atoms with Crippen molar-refractivity contribution >= 4 is 29.4 Å². The molecule has 0 saturated carbocycles. The number of rotatable bonds is 22. The predicted molar refractivity (Wildman–Crippen MR) is 156 cm³/mol. The Kier molecular flexibility index (Phi) is 25.3. The molecule has 36 heavy (non-hydrogen) atoms. The summed E-state index contributed by atoms with van der Waals surface area (Å²) in [5.74, 6) is -1.64. The smallest absolute Gasteiger partial charge is 0.323 e. The topological polar surface area (TPSA) is 96.0 Å². The molecule has 212 valence electrons. The molecule has 0 fully saturated rings. The van der Waals surface area contributed by atoms with Crippen LogP contribution < -0.4 is 5.73 Å². The van der Waals surface area contributed by atoms with Gasteiger partial charge in [-0.3, -0.25) is 9.59 Å². The fourth-order valence-electron chi connectivity index (χ4n) is 3.51. The van der Waals surface area contributed by atoms with Gasteiger partial charge in [-0.25, -0.2) is 0 Å². The minimum atomic E-state index is -2.77. The molecule has 0 aliphatic carbocycles. The Bertz CT molecular complexity index is 653. The van der Waals surface area contributed by atoms with Crippen molar-refractivity contribution in [3.05, 3.63) is 12.2 Å². The number of carboxylic acids is 1. The molecule has 0 spiro atoms. The lowest BCUT2D eigenvalue weighted by molar-refractivity contribution is -0.137. The van der Waals surface area contributed by atoms with Gasteiger partial charge in [-0.15, -0.1) is 11.6 Å². The Morgan fingerprint density at radius 3 is 1.78 bits per heavy atom. The van der Waals surface area contributed by atoms with E-state index < -0.39 is 31.4 Å². The fraction of sp³-hybridized carbons (Fsp3) is 0.828. The average molecular weight is 533 g/mol. The SMILES string of the molecule is CCCCCCCCl.[2H]C([2H])([2H])N(CC(=O)O)C(N)=NC(=O)CCCCCCC/C=C\CCCCCCCC. The first-order valence-corrected chi connectivity index (χ1v) is 14.7. The minimum absolute atomic E-state index is 0.167. The molecular formula is C29H56ClN3O3. The van der Waals surface area contributed by atoms with Crippen LogP contribution in [-0.4, -0.2) is 47.2 Å². The molecule has 0 atom stereocenters. The summed E-state index contributed by atoms with van der Waals surface area (Å²) in [5.41, 5.74) is 5.53. The molecule has 6 nitrogen and oxygen atoms in total. The van der Waals surface area contributed by atoms with Crippen LogP contribution in [0, 0.1) is 0 Å². The number of carbonyl (C=O) groups is 2. The number of nitrogens with zero attached hydrogens (tertiary/aromatic N) is 2. The van der Waals surface area contributed by atoms with Gasteiger partial charge in [-0.05, 0) is 38.5 Å². The van der Waals surface area contributed by atoms with Crippen molar-refractivity contribution in [1.29, 1.82) is 0 Å². The summed E-state index contributed by atoms with van der Waals surface area (Å²) in [4.78, 5) is 26.6. The minimum Gasteiger partial charge on any atom is -0.480 e. The number of allylic oxidation sites excluding steroid dienone is 2. The Morgan fingerprint density at radius 1 is 0.833 bits per heavy atom. The Hall–Kier alpha value is -1.56. The maximum Gasteiger partial charge on any atom is 0.323 e. The number of hydrogen-bond acceptors (Lipinski definition) is 2. The van der Waals surface area contributed by atoms with Crippen molar-refractivity contribution in [1.82, 2.24) is 4.90 Å². The molecule has 0 aromatic heterocycles. The quantitative estimate of drug-likeness (QED) is 0.0482. The lowest BCUT2D eigenvalue weighted by Gasteiger charge is -2.14. The van der Waals surface area contributed by atoms with Crippen LogP contribution in [0.5, 0.6) is 0 Å². The van der Waals surface area contributed by atoms with E-state index in [0.717, 1.165) is 38.0 Å². The number of aliphatic carboxylic acids is 1. The van der Waals surface area contributed by atoms with Crippen molar-refractivity contribution in [3.8, 4) is 0 Å². The van der Waals surface area contributed by atoms with Gasteiger partial charge in [0.1, 0.15) is 6.54 Å². The zero-order valence-corrected chi connectivity index (χ0v) is 23.9. The van der Waals surface area contributed by atoms with E-state index in [1.807, 2.05) is 0 Å². The van der Waals surface area contributed by atoms with Gasteiger partial charge in [0.2, 0.25) is 5.91 Å². The molecule has 0 radical (unpaired) electrons. The number of carbonyl (C=O) groups excluding carboxylic acids is 1. The first-order valence-electron chi connectivity index (χ1n) is 15.7. The number of likely N-dealkylation sites (N-methyl/N-ethyl adjacent to an activating group) is 1. The van der Waals surface area contributed by atoms with E-state index in [2.05, 4.69) is 31.0 Å². The molecule has 0 aromatic carbocycles. The number of nitrogens with two attached hydrogens (primary N) is 1. The molecular weight excluding hydrogens is 474 g/mol. The van der Waals surface area contributed by atoms with E-state index in [4.69, 9.17) is 26.6 Å². The van der Waals surface area contributed by atoms with Gasteiger partial charge < -0.3 is 15.7 Å². The highest BCUT2D eigenvalue weighted by Crippen LogP contribution is 2.10. The van der Waals surface area contributed by atoms with Crippen LogP contribution >= 0.6 is 11.6 Å². The van der Waals surface area contributed by atoms with Gasteiger partial charge in [-0.1, -0.05) is 103 Å². The summed E-state index contributed by atoms with van der Waals surface area (Å²) >= 11 is 5.48. The number of carboxylic acid groups (broad SMARTS) is 1. The fourth-order valence-corrected chi connectivity index (χ4v) is 3.69. The summed E-state index contributed by atoms with van der Waals surface area (Å²) in [7, 11) is 0. The van der Waals surface area contributed by atoms with Crippen molar-refractivity contribution in [2.24, 2.45) is 10.7 Å². The summed E-state index contributed by atoms with van der Waals surface area (Å²) in [5, 5.41) is 8.79. The second-order valence-electron chi connectivity index (χ2n) is 9.28. The maximum absolute atomic E-state index is 11.9. The van der Waals surface area contributed by atoms with Gasteiger partial charge in [0.25, 0.3) is 0 Å². The van der Waals surface area contributed by atoms with E-state index in [9.17, 15) is 9.59 Å². The molecule has 3 N–H and O–H groups in total. The van der Waals surface area contributed by atoms with Gasteiger partial charge >= 0.3 is 5.97 Å². The zero-order chi connectivity index (χ0) is 29.8. The third-order valence-electron chi connectivity index (χ3n) is 5.70. The van der Waals surface area contributed by atoms with E-state index in [-0.39, 0.29) is 6.42 Å². The lowest BCUT2D eigenvalue weighted by Crippen LogP contribution is -2.38. The van der Waals surface area contributed by atoms with E-state index >= 15 is 0 Å². The summed E-state index contributed by atoms with van der Waals surface area (Å²) in [6, 6.07) is 0. The van der Waals surface area contributed by atoms with E-state index in [1.54, 1.807) is 0 Å². The highest BCUT2D eigenvalue weighted by atomic mass is 35.5. The molecule has 0 heterocycles. The van der Waals surface area contributed by atoms with Crippen molar-refractivity contribution in [2.45, 2.75) is 136 Å².